The van der Waals surface area contributed by atoms with Crippen LogP contribution < -0.4 is 19.5 Å². The number of halogens is 4. The van der Waals surface area contributed by atoms with Crippen LogP contribution in [0.4, 0.5) is 14.5 Å². The van der Waals surface area contributed by atoms with Crippen LogP contribution in [0.3, 0.4) is 0 Å². The van der Waals surface area contributed by atoms with Gasteiger partial charge in [-0.25, -0.2) is 13.6 Å². The Morgan fingerprint density at radius 2 is 1.80 bits per heavy atom. The first-order chi connectivity index (χ1) is 26.6. The van der Waals surface area contributed by atoms with Crippen LogP contribution in [0, 0.1) is 23.8 Å². The van der Waals surface area contributed by atoms with E-state index >= 15 is 0 Å². The Bertz CT molecular complexity index is 2130. The van der Waals surface area contributed by atoms with Gasteiger partial charge < -0.3 is 19.5 Å². The fourth-order valence-electron chi connectivity index (χ4n) is 7.67. The van der Waals surface area contributed by atoms with Gasteiger partial charge in [-0.05, 0) is 90.7 Å². The summed E-state index contributed by atoms with van der Waals surface area (Å²) in [5.41, 5.74) is 6.23. The molecule has 2 atom stereocenters. The van der Waals surface area contributed by atoms with E-state index < -0.39 is 5.92 Å². The number of nitriles is 1. The molecule has 1 saturated heterocycles. The molecule has 1 heterocycles. The van der Waals surface area contributed by atoms with Gasteiger partial charge in [0.1, 0.15) is 35.7 Å². The third kappa shape index (κ3) is 9.23. The summed E-state index contributed by atoms with van der Waals surface area (Å²) in [6, 6.07) is 22.5. The monoisotopic (exact) mass is 784 g/mol. The number of ether oxygens (including phenoxy) is 3. The minimum absolute atomic E-state index is 0.125. The van der Waals surface area contributed by atoms with E-state index in [0.717, 1.165) is 40.7 Å². The van der Waals surface area contributed by atoms with Gasteiger partial charge in [0.25, 0.3) is 5.92 Å². The first-order valence-corrected chi connectivity index (χ1v) is 19.2. The van der Waals surface area contributed by atoms with Crippen molar-refractivity contribution in [3.05, 3.63) is 116 Å². The molecule has 3 aliphatic rings. The highest BCUT2D eigenvalue weighted by molar-refractivity contribution is 6.35. The molecule has 2 fully saturated rings. The molecule has 1 saturated carbocycles. The van der Waals surface area contributed by atoms with Gasteiger partial charge in [-0.1, -0.05) is 53.5 Å². The zero-order valence-electron chi connectivity index (χ0n) is 30.2. The fraction of sp³-hybridized carbons (Fsp3) is 0.372. The summed E-state index contributed by atoms with van der Waals surface area (Å²) >= 11 is 13.8. The molecule has 8 nitrogen and oxygen atoms in total. The van der Waals surface area contributed by atoms with E-state index in [1.807, 2.05) is 36.4 Å². The molecule has 2 aliphatic carbocycles. The molecule has 4 aromatic rings. The van der Waals surface area contributed by atoms with Crippen LogP contribution in [0.2, 0.25) is 10.0 Å². The maximum atomic E-state index is 13.2. The molecular weight excluding hydrogens is 745 g/mol. The van der Waals surface area contributed by atoms with E-state index in [1.165, 1.54) is 0 Å². The van der Waals surface area contributed by atoms with E-state index in [4.69, 9.17) is 44.0 Å². The number of carbonyl (C=O) groups is 1. The molecule has 4 aromatic carbocycles. The molecule has 284 valence electrons. The van der Waals surface area contributed by atoms with Crippen molar-refractivity contribution >= 4 is 34.7 Å². The van der Waals surface area contributed by atoms with Gasteiger partial charge in [-0.15, -0.1) is 0 Å². The summed E-state index contributed by atoms with van der Waals surface area (Å²) in [6.07, 6.45) is 3.89. The third-order valence-electron chi connectivity index (χ3n) is 10.4. The highest BCUT2D eigenvalue weighted by atomic mass is 35.5. The molecule has 0 spiro atoms. The number of hydrogen-bond donors (Lipinski definition) is 1. The molecule has 55 heavy (non-hydrogen) atoms. The van der Waals surface area contributed by atoms with Gasteiger partial charge in [-0.2, -0.15) is 5.26 Å². The number of hydrogen-bond acceptors (Lipinski definition) is 7. The number of fused-ring (bicyclic) bond motifs is 1. The lowest BCUT2D eigenvalue weighted by molar-refractivity contribution is -0.130. The van der Waals surface area contributed by atoms with Crippen molar-refractivity contribution in [1.82, 2.24) is 10.2 Å². The molecule has 0 bridgehead atoms. The van der Waals surface area contributed by atoms with Crippen molar-refractivity contribution < 1.29 is 27.8 Å². The second-order valence-corrected chi connectivity index (χ2v) is 15.3. The van der Waals surface area contributed by atoms with Crippen LogP contribution >= 0.6 is 23.2 Å². The van der Waals surface area contributed by atoms with Crippen LogP contribution in [0.25, 0.3) is 16.0 Å². The zero-order chi connectivity index (χ0) is 38.5. The predicted octanol–water partition coefficient (Wildman–Crippen LogP) is 9.91. The predicted molar refractivity (Wildman–Crippen MR) is 207 cm³/mol. The van der Waals surface area contributed by atoms with Crippen LogP contribution in [0.5, 0.6) is 17.2 Å². The highest BCUT2D eigenvalue weighted by Gasteiger charge is 2.43. The van der Waals surface area contributed by atoms with Crippen molar-refractivity contribution in [3.8, 4) is 34.4 Å². The minimum atomic E-state index is -2.58. The average molecular weight is 786 g/mol. The number of alkyl halides is 2. The van der Waals surface area contributed by atoms with Gasteiger partial charge >= 0.3 is 0 Å². The quantitative estimate of drug-likeness (QED) is 0.0949. The van der Waals surface area contributed by atoms with E-state index in [1.54, 1.807) is 29.2 Å². The molecule has 0 unspecified atom stereocenters. The number of likely N-dealkylation sites (tertiary alicyclic amines) is 1. The van der Waals surface area contributed by atoms with Crippen LogP contribution in [-0.4, -0.2) is 49.4 Å². The number of nitrogens with zero attached hydrogens (tertiary/aromatic N) is 3. The first kappa shape index (κ1) is 38.6. The van der Waals surface area contributed by atoms with Gasteiger partial charge in [0.2, 0.25) is 0 Å². The Kier molecular flexibility index (Phi) is 11.9. The lowest BCUT2D eigenvalue weighted by atomic mass is 9.96. The first-order valence-electron chi connectivity index (χ1n) is 18.5. The van der Waals surface area contributed by atoms with Crippen LogP contribution in [0.15, 0.2) is 66.7 Å². The molecule has 1 aliphatic heterocycles. The van der Waals surface area contributed by atoms with Crippen LogP contribution in [-0.2, 0) is 24.4 Å². The number of ketones is 1. The largest absolute Gasteiger partial charge is 0.492 e. The maximum Gasteiger partial charge on any atom is 0.272 e. The van der Waals surface area contributed by atoms with Gasteiger partial charge in [0, 0.05) is 48.7 Å². The maximum absolute atomic E-state index is 13.2. The average Bonchev–Trinajstić information content (AvgIpc) is 3.78. The van der Waals surface area contributed by atoms with Crippen molar-refractivity contribution in [1.29, 1.82) is 5.26 Å². The molecule has 0 radical (unpaired) electrons. The SMILES string of the molecule is [C-]#[N+]c1cc(C#N)cc(COc2cc(O[C@H]3CCc4c(-c5cccc(OCCCN6CC(F)(F)C6)c5Cl)cccc43)c(Cl)cc2CNC[C@H]2CCC(=O)C2)c1. The number of nitrogens with one attached hydrogen (secondary N) is 1. The van der Waals surface area contributed by atoms with E-state index in [0.29, 0.717) is 108 Å². The van der Waals surface area contributed by atoms with E-state index in [-0.39, 0.29) is 25.8 Å². The normalized spacial score (nSPS) is 18.6. The highest BCUT2D eigenvalue weighted by Crippen LogP contribution is 2.45. The Labute approximate surface area is 329 Å². The van der Waals surface area contributed by atoms with Crippen molar-refractivity contribution in [3.63, 3.8) is 0 Å². The molecule has 0 aromatic heterocycles. The van der Waals surface area contributed by atoms with E-state index in [9.17, 15) is 18.8 Å². The number of Topliss-reactive ketones (excluding diaryl/α,β-unsaturated/α-hetero) is 1. The van der Waals surface area contributed by atoms with E-state index in [2.05, 4.69) is 22.3 Å². The second kappa shape index (κ2) is 17.0. The Morgan fingerprint density at radius 3 is 2.56 bits per heavy atom. The molecule has 0 amide bonds. The van der Waals surface area contributed by atoms with Gasteiger partial charge in [0.15, 0.2) is 5.69 Å². The lowest BCUT2D eigenvalue weighted by Gasteiger charge is -2.38. The Morgan fingerprint density at radius 1 is 0.982 bits per heavy atom. The number of benzene rings is 4. The molecule has 7 rings (SSSR count). The van der Waals surface area contributed by atoms with Crippen molar-refractivity contribution in [2.75, 3.05) is 32.8 Å². The molecular formula is C43H40Cl2F2N4O4. The lowest BCUT2D eigenvalue weighted by Crippen LogP contribution is -2.56. The summed E-state index contributed by atoms with van der Waals surface area (Å²) in [5, 5.41) is 13.9. The summed E-state index contributed by atoms with van der Waals surface area (Å²) in [6.45, 7) is 9.23. The van der Waals surface area contributed by atoms with Crippen LogP contribution in [0.1, 0.15) is 66.0 Å². The summed E-state index contributed by atoms with van der Waals surface area (Å²) in [4.78, 5) is 17.0. The standard InChI is InChI=1S/C43H40Cl2F2N4O4/c1-49-31-16-28(21-48)15-29(17-31)24-54-40-20-41(37(44)19-30(40)23-50-22-27-9-10-32(52)18-27)55-38-12-11-34-33(5-2-6-35(34)38)36-7-3-8-39(42(36)45)53-14-4-13-51-25-43(46,47)26-51/h2-3,5-8,15-17,19-20,27,38,50H,4,9-14,18,22-26H2/t27-,38-/m0/s1. The molecule has 1 N–H and O–H groups in total. The third-order valence-corrected chi connectivity index (χ3v) is 11.1. The smallest absolute Gasteiger partial charge is 0.272 e. The summed E-state index contributed by atoms with van der Waals surface area (Å²) in [7, 11) is 0. The fourth-order valence-corrected chi connectivity index (χ4v) is 8.19. The van der Waals surface area contributed by atoms with Crippen molar-refractivity contribution in [2.24, 2.45) is 5.92 Å². The van der Waals surface area contributed by atoms with Gasteiger partial charge in [0.05, 0.1) is 42.4 Å². The minimum Gasteiger partial charge on any atom is -0.492 e. The Balaban J connectivity index is 1.07. The number of rotatable bonds is 15. The van der Waals surface area contributed by atoms with Crippen molar-refractivity contribution in [2.45, 2.75) is 63.7 Å². The van der Waals surface area contributed by atoms with Gasteiger partial charge in [-0.3, -0.25) is 9.69 Å². The number of carbonyl (C=O) groups excluding carboxylic acids is 1. The summed E-state index contributed by atoms with van der Waals surface area (Å²) < 4.78 is 45.4. The topological polar surface area (TPSA) is 88.2 Å². The second-order valence-electron chi connectivity index (χ2n) is 14.5. The Hall–Kier alpha value is -4.71. The summed E-state index contributed by atoms with van der Waals surface area (Å²) in [5.74, 6) is -0.413. The molecule has 12 heteroatoms. The zero-order valence-corrected chi connectivity index (χ0v) is 31.7.